The summed E-state index contributed by atoms with van der Waals surface area (Å²) in [5.41, 5.74) is 0.926. The SMILES string of the molecule is CCNc1nc(C2CCS(=O)(=O)C2)nc(C(C)C)c1Br. The molecule has 1 aliphatic heterocycles. The molecule has 1 fully saturated rings. The van der Waals surface area contributed by atoms with Gasteiger partial charge in [0.25, 0.3) is 0 Å². The van der Waals surface area contributed by atoms with Gasteiger partial charge in [-0.15, -0.1) is 0 Å². The van der Waals surface area contributed by atoms with Crippen LogP contribution in [-0.2, 0) is 9.84 Å². The summed E-state index contributed by atoms with van der Waals surface area (Å²) in [7, 11) is -2.92. The van der Waals surface area contributed by atoms with Crippen LogP contribution in [0.2, 0.25) is 0 Å². The lowest BCUT2D eigenvalue weighted by Crippen LogP contribution is -2.13. The molecular weight excluding hydrogens is 342 g/mol. The van der Waals surface area contributed by atoms with Crippen LogP contribution in [0.25, 0.3) is 0 Å². The second-order valence-electron chi connectivity index (χ2n) is 5.41. The Balaban J connectivity index is 2.43. The predicted molar refractivity (Wildman–Crippen MR) is 84.0 cm³/mol. The molecule has 0 amide bonds. The predicted octanol–water partition coefficient (Wildman–Crippen LogP) is 2.70. The molecule has 1 atom stereocenters. The van der Waals surface area contributed by atoms with Gasteiger partial charge < -0.3 is 5.32 Å². The number of halogens is 1. The van der Waals surface area contributed by atoms with Gasteiger partial charge in [-0.1, -0.05) is 13.8 Å². The van der Waals surface area contributed by atoms with Crippen LogP contribution >= 0.6 is 15.9 Å². The number of rotatable bonds is 4. The maximum atomic E-state index is 11.6. The van der Waals surface area contributed by atoms with Gasteiger partial charge in [0, 0.05) is 12.5 Å². The minimum atomic E-state index is -2.92. The third-order valence-corrected chi connectivity index (χ3v) is 5.93. The third-order valence-electron chi connectivity index (χ3n) is 3.38. The monoisotopic (exact) mass is 361 g/mol. The number of anilines is 1. The zero-order chi connectivity index (χ0) is 14.9. The molecule has 20 heavy (non-hydrogen) atoms. The molecule has 0 bridgehead atoms. The average molecular weight is 362 g/mol. The smallest absolute Gasteiger partial charge is 0.151 e. The van der Waals surface area contributed by atoms with Gasteiger partial charge in [0.2, 0.25) is 0 Å². The molecule has 7 heteroatoms. The minimum Gasteiger partial charge on any atom is -0.369 e. The van der Waals surface area contributed by atoms with E-state index in [9.17, 15) is 8.42 Å². The van der Waals surface area contributed by atoms with Gasteiger partial charge in [0.15, 0.2) is 9.84 Å². The Kier molecular flexibility index (Phi) is 4.69. The summed E-state index contributed by atoms with van der Waals surface area (Å²) in [6.45, 7) is 6.90. The number of aromatic nitrogens is 2. The van der Waals surface area contributed by atoms with E-state index in [1.807, 2.05) is 6.92 Å². The van der Waals surface area contributed by atoms with E-state index in [-0.39, 0.29) is 23.3 Å². The normalized spacial score (nSPS) is 21.4. The molecule has 112 valence electrons. The molecular formula is C13H20BrN3O2S. The highest BCUT2D eigenvalue weighted by Crippen LogP contribution is 2.33. The van der Waals surface area contributed by atoms with Crippen molar-refractivity contribution in [2.45, 2.75) is 39.0 Å². The molecule has 5 nitrogen and oxygen atoms in total. The van der Waals surface area contributed by atoms with Gasteiger partial charge in [-0.2, -0.15) is 0 Å². The highest BCUT2D eigenvalue weighted by atomic mass is 79.9. The summed E-state index contributed by atoms with van der Waals surface area (Å²) in [5.74, 6) is 1.98. The van der Waals surface area contributed by atoms with Crippen LogP contribution in [0.3, 0.4) is 0 Å². The van der Waals surface area contributed by atoms with Crippen LogP contribution in [0.4, 0.5) is 5.82 Å². The Bertz CT molecular complexity index is 602. The topological polar surface area (TPSA) is 72.0 Å². The second-order valence-corrected chi connectivity index (χ2v) is 8.44. The molecule has 0 radical (unpaired) electrons. The minimum absolute atomic E-state index is 0.0805. The molecule has 1 N–H and O–H groups in total. The van der Waals surface area contributed by atoms with Crippen molar-refractivity contribution in [3.63, 3.8) is 0 Å². The van der Waals surface area contributed by atoms with Crippen molar-refractivity contribution in [2.75, 3.05) is 23.4 Å². The molecule has 0 aromatic carbocycles. The first-order valence-electron chi connectivity index (χ1n) is 6.85. The first-order chi connectivity index (χ1) is 9.34. The van der Waals surface area contributed by atoms with E-state index in [0.29, 0.717) is 12.2 Å². The fraction of sp³-hybridized carbons (Fsp3) is 0.692. The number of hydrogen-bond donors (Lipinski definition) is 1. The van der Waals surface area contributed by atoms with E-state index in [1.54, 1.807) is 0 Å². The van der Waals surface area contributed by atoms with Crippen LogP contribution in [0, 0.1) is 0 Å². The summed E-state index contributed by atoms with van der Waals surface area (Å²) in [6, 6.07) is 0. The lowest BCUT2D eigenvalue weighted by Gasteiger charge is -2.16. The van der Waals surface area contributed by atoms with E-state index >= 15 is 0 Å². The Morgan fingerprint density at radius 1 is 1.40 bits per heavy atom. The highest BCUT2D eigenvalue weighted by molar-refractivity contribution is 9.10. The van der Waals surface area contributed by atoms with Crippen molar-refractivity contribution in [3.8, 4) is 0 Å². The second kappa shape index (κ2) is 5.97. The van der Waals surface area contributed by atoms with Crippen molar-refractivity contribution in [1.82, 2.24) is 9.97 Å². The van der Waals surface area contributed by atoms with E-state index in [2.05, 4.69) is 45.1 Å². The van der Waals surface area contributed by atoms with E-state index in [1.165, 1.54) is 0 Å². The highest BCUT2D eigenvalue weighted by Gasteiger charge is 2.32. The van der Waals surface area contributed by atoms with Crippen molar-refractivity contribution in [2.24, 2.45) is 0 Å². The van der Waals surface area contributed by atoms with Crippen molar-refractivity contribution >= 4 is 31.6 Å². The van der Waals surface area contributed by atoms with Gasteiger partial charge in [0.1, 0.15) is 11.6 Å². The van der Waals surface area contributed by atoms with Crippen LogP contribution in [0.5, 0.6) is 0 Å². The van der Waals surface area contributed by atoms with Gasteiger partial charge in [-0.25, -0.2) is 18.4 Å². The molecule has 0 spiro atoms. The molecule has 2 rings (SSSR count). The van der Waals surface area contributed by atoms with Gasteiger partial charge in [0.05, 0.1) is 21.7 Å². The summed E-state index contributed by atoms with van der Waals surface area (Å²) in [5, 5.41) is 3.21. The summed E-state index contributed by atoms with van der Waals surface area (Å²) in [4.78, 5) is 9.12. The fourth-order valence-electron chi connectivity index (χ4n) is 2.33. The average Bonchev–Trinajstić information content (AvgIpc) is 2.72. The molecule has 1 aliphatic rings. The maximum absolute atomic E-state index is 11.6. The fourth-order valence-corrected chi connectivity index (χ4v) is 4.85. The number of nitrogens with one attached hydrogen (secondary N) is 1. The van der Waals surface area contributed by atoms with Crippen LogP contribution in [0.15, 0.2) is 4.47 Å². The van der Waals surface area contributed by atoms with Gasteiger partial charge in [-0.3, -0.25) is 0 Å². The Labute approximate surface area is 128 Å². The third kappa shape index (κ3) is 3.31. The number of nitrogens with zero attached hydrogens (tertiary/aromatic N) is 2. The summed E-state index contributed by atoms with van der Waals surface area (Å²) in [6.07, 6.45) is 0.618. The molecule has 1 aromatic heterocycles. The standard InChI is InChI=1S/C13H20BrN3O2S/c1-4-15-13-10(14)11(8(2)3)16-12(17-13)9-5-6-20(18,19)7-9/h8-9H,4-7H2,1-3H3,(H,15,16,17). The Morgan fingerprint density at radius 2 is 2.10 bits per heavy atom. The molecule has 0 saturated carbocycles. The van der Waals surface area contributed by atoms with Crippen molar-refractivity contribution in [3.05, 3.63) is 16.0 Å². The van der Waals surface area contributed by atoms with Crippen molar-refractivity contribution in [1.29, 1.82) is 0 Å². The molecule has 1 saturated heterocycles. The Morgan fingerprint density at radius 3 is 2.60 bits per heavy atom. The lowest BCUT2D eigenvalue weighted by molar-refractivity contribution is 0.601. The molecule has 2 heterocycles. The molecule has 0 aliphatic carbocycles. The van der Waals surface area contributed by atoms with E-state index in [4.69, 9.17) is 0 Å². The summed E-state index contributed by atoms with van der Waals surface area (Å²) >= 11 is 3.54. The largest absolute Gasteiger partial charge is 0.369 e. The van der Waals surface area contributed by atoms with Crippen LogP contribution in [-0.4, -0.2) is 36.4 Å². The van der Waals surface area contributed by atoms with Gasteiger partial charge >= 0.3 is 0 Å². The maximum Gasteiger partial charge on any atom is 0.151 e. The first-order valence-corrected chi connectivity index (χ1v) is 9.47. The zero-order valence-electron chi connectivity index (χ0n) is 12.0. The zero-order valence-corrected chi connectivity index (χ0v) is 14.4. The lowest BCUT2D eigenvalue weighted by atomic mass is 10.1. The Hall–Kier alpha value is -0.690. The van der Waals surface area contributed by atoms with Crippen LogP contribution < -0.4 is 5.32 Å². The van der Waals surface area contributed by atoms with E-state index in [0.717, 1.165) is 22.5 Å². The molecule has 1 aromatic rings. The van der Waals surface area contributed by atoms with E-state index < -0.39 is 9.84 Å². The van der Waals surface area contributed by atoms with Gasteiger partial charge in [-0.05, 0) is 35.2 Å². The molecule has 1 unspecified atom stereocenters. The quantitative estimate of drug-likeness (QED) is 0.892. The van der Waals surface area contributed by atoms with Crippen LogP contribution in [0.1, 0.15) is 50.5 Å². The number of sulfone groups is 1. The first kappa shape index (κ1) is 15.7. The number of hydrogen-bond acceptors (Lipinski definition) is 5. The van der Waals surface area contributed by atoms with Crippen molar-refractivity contribution < 1.29 is 8.42 Å². The summed E-state index contributed by atoms with van der Waals surface area (Å²) < 4.78 is 24.1.